The van der Waals surface area contributed by atoms with E-state index in [9.17, 15) is 8.42 Å². The van der Waals surface area contributed by atoms with E-state index in [1.165, 1.54) is 24.4 Å². The van der Waals surface area contributed by atoms with Crippen LogP contribution in [0.5, 0.6) is 0 Å². The summed E-state index contributed by atoms with van der Waals surface area (Å²) in [7, 11) is -3.63. The third-order valence-electron chi connectivity index (χ3n) is 2.36. The number of nitrogens with one attached hydrogen (secondary N) is 2. The Hall–Kier alpha value is -2.15. The molecule has 0 saturated carbocycles. The van der Waals surface area contributed by atoms with Gasteiger partial charge in [-0.25, -0.2) is 8.42 Å². The molecule has 0 unspecified atom stereocenters. The normalized spacial score (nSPS) is 11.0. The molecule has 1 aromatic heterocycles. The van der Waals surface area contributed by atoms with Crippen molar-refractivity contribution >= 4 is 21.5 Å². The van der Waals surface area contributed by atoms with Gasteiger partial charge in [0.15, 0.2) is 5.82 Å². The molecule has 0 radical (unpaired) electrons. The molecule has 6 nitrogen and oxygen atoms in total. The van der Waals surface area contributed by atoms with Gasteiger partial charge in [-0.3, -0.25) is 4.72 Å². The quantitative estimate of drug-likeness (QED) is 0.869. The van der Waals surface area contributed by atoms with E-state index >= 15 is 0 Å². The first-order valence-corrected chi connectivity index (χ1v) is 7.24. The number of benzene rings is 1. The standard InChI is InChI=1S/C12H14N4O2S/c1-2-13-10-5-7-11(8-6-10)19(17,18)16-12-4-3-9-14-15-12/h3-9,13H,2H2,1H3,(H,15,16). The Balaban J connectivity index is 2.20. The van der Waals surface area contributed by atoms with Crippen molar-refractivity contribution in [2.24, 2.45) is 0 Å². The van der Waals surface area contributed by atoms with Crippen LogP contribution in [-0.4, -0.2) is 25.2 Å². The summed E-state index contributed by atoms with van der Waals surface area (Å²) >= 11 is 0. The van der Waals surface area contributed by atoms with E-state index in [-0.39, 0.29) is 10.7 Å². The highest BCUT2D eigenvalue weighted by molar-refractivity contribution is 7.92. The van der Waals surface area contributed by atoms with E-state index in [0.29, 0.717) is 0 Å². The first kappa shape index (κ1) is 13.3. The number of aromatic nitrogens is 2. The van der Waals surface area contributed by atoms with Gasteiger partial charge in [0, 0.05) is 18.4 Å². The summed E-state index contributed by atoms with van der Waals surface area (Å²) in [4.78, 5) is 0.180. The number of sulfonamides is 1. The molecule has 100 valence electrons. The molecule has 0 aliphatic heterocycles. The molecule has 1 heterocycles. The lowest BCUT2D eigenvalue weighted by Crippen LogP contribution is -2.14. The summed E-state index contributed by atoms with van der Waals surface area (Å²) in [5.41, 5.74) is 0.876. The lowest BCUT2D eigenvalue weighted by Gasteiger charge is -2.08. The largest absolute Gasteiger partial charge is 0.385 e. The van der Waals surface area contributed by atoms with Crippen LogP contribution in [0, 0.1) is 0 Å². The molecule has 1 aromatic carbocycles. The van der Waals surface area contributed by atoms with Crippen molar-refractivity contribution in [2.45, 2.75) is 11.8 Å². The smallest absolute Gasteiger partial charge is 0.263 e. The van der Waals surface area contributed by atoms with Crippen LogP contribution in [0.3, 0.4) is 0 Å². The molecular weight excluding hydrogens is 264 g/mol. The average molecular weight is 278 g/mol. The van der Waals surface area contributed by atoms with Crippen LogP contribution >= 0.6 is 0 Å². The van der Waals surface area contributed by atoms with Crippen LogP contribution in [0.4, 0.5) is 11.5 Å². The molecule has 0 amide bonds. The fourth-order valence-corrected chi connectivity index (χ4v) is 2.51. The minimum atomic E-state index is -3.63. The van der Waals surface area contributed by atoms with Crippen molar-refractivity contribution in [3.63, 3.8) is 0 Å². The molecule has 0 fully saturated rings. The molecule has 0 bridgehead atoms. The second kappa shape index (κ2) is 5.66. The minimum absolute atomic E-state index is 0.180. The topological polar surface area (TPSA) is 84.0 Å². The van der Waals surface area contributed by atoms with Crippen LogP contribution in [-0.2, 0) is 10.0 Å². The van der Waals surface area contributed by atoms with Crippen LogP contribution in [0.15, 0.2) is 47.5 Å². The Bertz CT molecular complexity index is 627. The molecule has 0 saturated heterocycles. The number of anilines is 2. The SMILES string of the molecule is CCNc1ccc(S(=O)(=O)Nc2cccnn2)cc1. The maximum absolute atomic E-state index is 12.1. The maximum Gasteiger partial charge on any atom is 0.263 e. The zero-order valence-electron chi connectivity index (χ0n) is 10.4. The highest BCUT2D eigenvalue weighted by Gasteiger charge is 2.14. The number of nitrogens with zero attached hydrogens (tertiary/aromatic N) is 2. The first-order valence-electron chi connectivity index (χ1n) is 5.76. The van der Waals surface area contributed by atoms with E-state index < -0.39 is 10.0 Å². The molecule has 0 spiro atoms. The van der Waals surface area contributed by atoms with E-state index in [0.717, 1.165) is 12.2 Å². The fourth-order valence-electron chi connectivity index (χ4n) is 1.51. The molecule has 19 heavy (non-hydrogen) atoms. The Kier molecular flexibility index (Phi) is 3.96. The predicted molar refractivity (Wildman–Crippen MR) is 73.4 cm³/mol. The molecule has 0 aliphatic rings. The van der Waals surface area contributed by atoms with Crippen molar-refractivity contribution in [3.8, 4) is 0 Å². The van der Waals surface area contributed by atoms with Gasteiger partial charge in [-0.15, -0.1) is 5.10 Å². The third kappa shape index (κ3) is 3.41. The van der Waals surface area contributed by atoms with Crippen molar-refractivity contribution in [2.75, 3.05) is 16.6 Å². The second-order valence-corrected chi connectivity index (χ2v) is 5.45. The third-order valence-corrected chi connectivity index (χ3v) is 3.73. The summed E-state index contributed by atoms with van der Waals surface area (Å²) < 4.78 is 26.5. The highest BCUT2D eigenvalue weighted by Crippen LogP contribution is 2.16. The lowest BCUT2D eigenvalue weighted by molar-refractivity contribution is 0.601. The van der Waals surface area contributed by atoms with Crippen molar-refractivity contribution in [1.29, 1.82) is 0 Å². The monoisotopic (exact) mass is 278 g/mol. The molecule has 0 aliphatic carbocycles. The van der Waals surface area contributed by atoms with Crippen LogP contribution in [0.2, 0.25) is 0 Å². The summed E-state index contributed by atoms with van der Waals surface area (Å²) in [6.45, 7) is 2.75. The Morgan fingerprint density at radius 1 is 1.16 bits per heavy atom. The first-order chi connectivity index (χ1) is 9.12. The highest BCUT2D eigenvalue weighted by atomic mass is 32.2. The summed E-state index contributed by atoms with van der Waals surface area (Å²) in [6.07, 6.45) is 1.48. The van der Waals surface area contributed by atoms with Gasteiger partial charge in [0.1, 0.15) is 0 Å². The zero-order chi connectivity index (χ0) is 13.7. The van der Waals surface area contributed by atoms with Crippen LogP contribution < -0.4 is 10.0 Å². The van der Waals surface area contributed by atoms with Gasteiger partial charge in [-0.2, -0.15) is 5.10 Å². The number of rotatable bonds is 5. The van der Waals surface area contributed by atoms with Gasteiger partial charge < -0.3 is 5.32 Å². The fraction of sp³-hybridized carbons (Fsp3) is 0.167. The molecule has 2 rings (SSSR count). The average Bonchev–Trinajstić information content (AvgIpc) is 2.40. The summed E-state index contributed by atoms with van der Waals surface area (Å²) in [5, 5.41) is 10.4. The number of hydrogen-bond donors (Lipinski definition) is 2. The molecular formula is C12H14N4O2S. The summed E-state index contributed by atoms with van der Waals surface area (Å²) in [5.74, 6) is 0.193. The van der Waals surface area contributed by atoms with Gasteiger partial charge in [-0.1, -0.05) is 0 Å². The summed E-state index contributed by atoms with van der Waals surface area (Å²) in [6, 6.07) is 9.66. The Labute approximate surface area is 111 Å². The van der Waals surface area contributed by atoms with Gasteiger partial charge in [0.2, 0.25) is 0 Å². The maximum atomic E-state index is 12.1. The van der Waals surface area contributed by atoms with Crippen molar-refractivity contribution in [3.05, 3.63) is 42.6 Å². The zero-order valence-corrected chi connectivity index (χ0v) is 11.2. The molecule has 2 aromatic rings. The second-order valence-electron chi connectivity index (χ2n) is 3.77. The van der Waals surface area contributed by atoms with E-state index in [2.05, 4.69) is 20.2 Å². The van der Waals surface area contributed by atoms with Crippen LogP contribution in [0.1, 0.15) is 6.92 Å². The van der Waals surface area contributed by atoms with Crippen molar-refractivity contribution in [1.82, 2.24) is 10.2 Å². The van der Waals surface area contributed by atoms with Gasteiger partial charge in [0.25, 0.3) is 10.0 Å². The minimum Gasteiger partial charge on any atom is -0.385 e. The Morgan fingerprint density at radius 2 is 1.89 bits per heavy atom. The predicted octanol–water partition coefficient (Wildman–Crippen LogP) is 1.71. The molecule has 7 heteroatoms. The van der Waals surface area contributed by atoms with E-state index in [4.69, 9.17) is 0 Å². The lowest BCUT2D eigenvalue weighted by atomic mass is 10.3. The van der Waals surface area contributed by atoms with Gasteiger partial charge in [0.05, 0.1) is 4.90 Å². The van der Waals surface area contributed by atoms with Gasteiger partial charge in [-0.05, 0) is 43.3 Å². The van der Waals surface area contributed by atoms with Crippen LogP contribution in [0.25, 0.3) is 0 Å². The van der Waals surface area contributed by atoms with E-state index in [1.54, 1.807) is 18.2 Å². The van der Waals surface area contributed by atoms with Crippen molar-refractivity contribution < 1.29 is 8.42 Å². The van der Waals surface area contributed by atoms with E-state index in [1.807, 2.05) is 6.92 Å². The van der Waals surface area contributed by atoms with Gasteiger partial charge >= 0.3 is 0 Å². The Morgan fingerprint density at radius 3 is 2.47 bits per heavy atom. The molecule has 2 N–H and O–H groups in total. The molecule has 0 atom stereocenters. The number of hydrogen-bond acceptors (Lipinski definition) is 5.